The number of carbonyl (C=O) groups is 2. The van der Waals surface area contributed by atoms with E-state index in [2.05, 4.69) is 30.7 Å². The van der Waals surface area contributed by atoms with Crippen LogP contribution in [0.3, 0.4) is 0 Å². The fraction of sp³-hybridized carbons (Fsp3) is 0.444. The Morgan fingerprint density at radius 2 is 1.84 bits per heavy atom. The van der Waals surface area contributed by atoms with Gasteiger partial charge in [-0.25, -0.2) is 18.7 Å². The van der Waals surface area contributed by atoms with Gasteiger partial charge in [0, 0.05) is 49.7 Å². The van der Waals surface area contributed by atoms with Gasteiger partial charge >= 0.3 is 0 Å². The fourth-order valence-electron chi connectivity index (χ4n) is 5.35. The number of hydrogen-bond acceptors (Lipinski definition) is 7. The Balaban J connectivity index is 1.29. The van der Waals surface area contributed by atoms with Gasteiger partial charge in [0.15, 0.2) is 11.5 Å². The molecule has 0 radical (unpaired) electrons. The van der Waals surface area contributed by atoms with Gasteiger partial charge in [-0.3, -0.25) is 14.5 Å². The smallest absolute Gasteiger partial charge is 0.273 e. The number of likely N-dealkylation sites (tertiary alicyclic amines) is 1. The Kier molecular flexibility index (Phi) is 8.02. The largest absolute Gasteiger partial charge is 0.355 e. The van der Waals surface area contributed by atoms with Gasteiger partial charge in [0.25, 0.3) is 5.91 Å². The molecule has 9 nitrogen and oxygen atoms in total. The number of nitrogens with one attached hydrogen (secondary N) is 2. The number of benzene rings is 1. The molecular weight excluding hydrogens is 494 g/mol. The van der Waals surface area contributed by atoms with Crippen molar-refractivity contribution in [1.82, 2.24) is 30.7 Å². The van der Waals surface area contributed by atoms with Gasteiger partial charge in [0.2, 0.25) is 5.91 Å². The summed E-state index contributed by atoms with van der Waals surface area (Å²) in [6.45, 7) is 1.49. The summed E-state index contributed by atoms with van der Waals surface area (Å²) in [6.07, 6.45) is 9.68. The topological polar surface area (TPSA) is 113 Å². The van der Waals surface area contributed by atoms with Crippen molar-refractivity contribution < 1.29 is 22.9 Å². The SMILES string of the molecule is O=C(N[C@@H]1CCN(C2CCCCC2)C[C@H]1C(=O)NCc1ncccn1)c1cc(-c2ccc(F)cc2F)on1. The van der Waals surface area contributed by atoms with Gasteiger partial charge in [0.1, 0.15) is 17.5 Å². The standard InChI is InChI=1S/C27H30F2N6O3/c28-17-7-8-19(21(29)13-17)24-14-23(34-38-24)27(37)33-22-9-12-35(18-5-2-1-3-6-18)16-20(22)26(36)32-15-25-30-10-4-11-31-25/h4,7-8,10-11,13-14,18,20,22H,1-3,5-6,9,12,15-16H2,(H,32,36)(H,33,37)/t20-,22-/m1/s1. The van der Waals surface area contributed by atoms with Crippen molar-refractivity contribution in [2.24, 2.45) is 5.92 Å². The molecule has 2 aromatic heterocycles. The Hall–Kier alpha value is -3.73. The Morgan fingerprint density at radius 3 is 2.61 bits per heavy atom. The minimum atomic E-state index is -0.817. The monoisotopic (exact) mass is 524 g/mol. The summed E-state index contributed by atoms with van der Waals surface area (Å²) in [5.74, 6) is -2.21. The van der Waals surface area contributed by atoms with Crippen molar-refractivity contribution in [3.05, 3.63) is 65.9 Å². The third-order valence-corrected chi connectivity index (χ3v) is 7.37. The van der Waals surface area contributed by atoms with E-state index in [-0.39, 0.29) is 29.5 Å². The molecule has 1 aromatic carbocycles. The number of carbonyl (C=O) groups excluding carboxylic acids is 2. The molecule has 3 heterocycles. The molecule has 1 saturated heterocycles. The molecule has 11 heteroatoms. The molecular formula is C27H30F2N6O3. The lowest BCUT2D eigenvalue weighted by atomic mass is 9.87. The normalized spacial score (nSPS) is 20.7. The highest BCUT2D eigenvalue weighted by Gasteiger charge is 2.38. The number of piperidine rings is 1. The zero-order chi connectivity index (χ0) is 26.5. The second kappa shape index (κ2) is 11.8. The van der Waals surface area contributed by atoms with Crippen molar-refractivity contribution in [3.8, 4) is 11.3 Å². The minimum absolute atomic E-state index is 0.000810. The number of amides is 2. The van der Waals surface area contributed by atoms with Crippen LogP contribution in [0.2, 0.25) is 0 Å². The number of nitrogens with zero attached hydrogens (tertiary/aromatic N) is 4. The second-order valence-corrected chi connectivity index (χ2v) is 9.85. The van der Waals surface area contributed by atoms with Crippen LogP contribution in [-0.2, 0) is 11.3 Å². The van der Waals surface area contributed by atoms with Crippen molar-refractivity contribution in [1.29, 1.82) is 0 Å². The van der Waals surface area contributed by atoms with Gasteiger partial charge in [-0.15, -0.1) is 0 Å². The molecule has 5 rings (SSSR count). The van der Waals surface area contributed by atoms with E-state index in [0.717, 1.165) is 31.5 Å². The maximum atomic E-state index is 14.2. The van der Waals surface area contributed by atoms with Gasteiger partial charge in [-0.2, -0.15) is 0 Å². The van der Waals surface area contributed by atoms with E-state index >= 15 is 0 Å². The van der Waals surface area contributed by atoms with E-state index in [9.17, 15) is 18.4 Å². The molecule has 1 saturated carbocycles. The number of halogens is 2. The van der Waals surface area contributed by atoms with Crippen LogP contribution in [0.25, 0.3) is 11.3 Å². The molecule has 0 bridgehead atoms. The molecule has 1 aliphatic heterocycles. The van der Waals surface area contributed by atoms with E-state index in [1.54, 1.807) is 18.5 Å². The van der Waals surface area contributed by atoms with Crippen LogP contribution in [0.4, 0.5) is 8.78 Å². The molecule has 0 unspecified atom stereocenters. The van der Waals surface area contributed by atoms with Crippen molar-refractivity contribution in [3.63, 3.8) is 0 Å². The number of hydrogen-bond donors (Lipinski definition) is 2. The maximum absolute atomic E-state index is 14.2. The van der Waals surface area contributed by atoms with Crippen LogP contribution in [0, 0.1) is 17.6 Å². The van der Waals surface area contributed by atoms with Crippen LogP contribution in [0.1, 0.15) is 54.8 Å². The Morgan fingerprint density at radius 1 is 1.05 bits per heavy atom. The lowest BCUT2D eigenvalue weighted by Gasteiger charge is -2.43. The number of rotatable bonds is 7. The summed E-state index contributed by atoms with van der Waals surface area (Å²) in [5, 5.41) is 9.65. The molecule has 1 aliphatic carbocycles. The average molecular weight is 525 g/mol. The van der Waals surface area contributed by atoms with E-state index in [4.69, 9.17) is 4.52 Å². The first-order chi connectivity index (χ1) is 18.5. The molecule has 3 aromatic rings. The third-order valence-electron chi connectivity index (χ3n) is 7.37. The van der Waals surface area contributed by atoms with Gasteiger partial charge < -0.3 is 15.2 Å². The van der Waals surface area contributed by atoms with Crippen molar-refractivity contribution >= 4 is 11.8 Å². The van der Waals surface area contributed by atoms with Crippen LogP contribution < -0.4 is 10.6 Å². The van der Waals surface area contributed by atoms with E-state index < -0.39 is 29.5 Å². The molecule has 200 valence electrons. The van der Waals surface area contributed by atoms with Gasteiger partial charge in [0.05, 0.1) is 18.0 Å². The maximum Gasteiger partial charge on any atom is 0.273 e. The van der Waals surface area contributed by atoms with Gasteiger partial charge in [-0.1, -0.05) is 24.4 Å². The quantitative estimate of drug-likeness (QED) is 0.487. The highest BCUT2D eigenvalue weighted by atomic mass is 19.1. The predicted octanol–water partition coefficient (Wildman–Crippen LogP) is 3.48. The molecule has 2 aliphatic rings. The second-order valence-electron chi connectivity index (χ2n) is 9.85. The molecule has 2 N–H and O–H groups in total. The first-order valence-corrected chi connectivity index (χ1v) is 13.0. The summed E-state index contributed by atoms with van der Waals surface area (Å²) >= 11 is 0. The van der Waals surface area contributed by atoms with E-state index in [1.807, 2.05) is 0 Å². The summed E-state index contributed by atoms with van der Waals surface area (Å²) < 4.78 is 32.6. The lowest BCUT2D eigenvalue weighted by Crippen LogP contribution is -2.57. The first-order valence-electron chi connectivity index (χ1n) is 13.0. The Labute approximate surface area is 219 Å². The van der Waals surface area contributed by atoms with E-state index in [0.29, 0.717) is 24.8 Å². The Bertz CT molecular complexity index is 1260. The summed E-state index contributed by atoms with van der Waals surface area (Å²) in [4.78, 5) is 37.1. The lowest BCUT2D eigenvalue weighted by molar-refractivity contribution is -0.128. The van der Waals surface area contributed by atoms with E-state index in [1.165, 1.54) is 31.4 Å². The molecule has 38 heavy (non-hydrogen) atoms. The molecule has 2 atom stereocenters. The fourth-order valence-corrected chi connectivity index (χ4v) is 5.35. The molecule has 0 spiro atoms. The van der Waals surface area contributed by atoms with Crippen LogP contribution >= 0.6 is 0 Å². The minimum Gasteiger partial charge on any atom is -0.355 e. The summed E-state index contributed by atoms with van der Waals surface area (Å²) in [7, 11) is 0. The number of aromatic nitrogens is 3. The third kappa shape index (κ3) is 6.04. The highest BCUT2D eigenvalue weighted by molar-refractivity contribution is 5.94. The molecule has 2 fully saturated rings. The van der Waals surface area contributed by atoms with Crippen molar-refractivity contribution in [2.75, 3.05) is 13.1 Å². The summed E-state index contributed by atoms with van der Waals surface area (Å²) in [6, 6.07) is 6.10. The molecule has 2 amide bonds. The van der Waals surface area contributed by atoms with Crippen molar-refractivity contribution in [2.45, 2.75) is 57.2 Å². The van der Waals surface area contributed by atoms with Crippen LogP contribution in [-0.4, -0.2) is 57.0 Å². The zero-order valence-corrected chi connectivity index (χ0v) is 20.9. The zero-order valence-electron chi connectivity index (χ0n) is 20.9. The van der Waals surface area contributed by atoms with Crippen LogP contribution in [0.15, 0.2) is 47.2 Å². The first kappa shape index (κ1) is 25.9. The average Bonchev–Trinajstić information content (AvgIpc) is 3.43. The summed E-state index contributed by atoms with van der Waals surface area (Å²) in [5.41, 5.74) is -0.0468. The van der Waals surface area contributed by atoms with Gasteiger partial charge in [-0.05, 0) is 37.5 Å². The highest BCUT2D eigenvalue weighted by Crippen LogP contribution is 2.28. The van der Waals surface area contributed by atoms with Crippen LogP contribution in [0.5, 0.6) is 0 Å². The predicted molar refractivity (Wildman–Crippen MR) is 134 cm³/mol.